The van der Waals surface area contributed by atoms with E-state index in [0.717, 1.165) is 12.8 Å². The molecule has 1 unspecified atom stereocenters. The van der Waals surface area contributed by atoms with Crippen molar-refractivity contribution in [2.24, 2.45) is 0 Å². The molecule has 2 amide bonds. The van der Waals surface area contributed by atoms with Crippen LogP contribution in [-0.4, -0.2) is 54.3 Å². The van der Waals surface area contributed by atoms with E-state index in [1.54, 1.807) is 36.2 Å². The van der Waals surface area contributed by atoms with Gasteiger partial charge in [-0.3, -0.25) is 14.5 Å². The summed E-state index contributed by atoms with van der Waals surface area (Å²) in [6.07, 6.45) is 5.79. The lowest BCUT2D eigenvalue weighted by Crippen LogP contribution is -2.49. The summed E-state index contributed by atoms with van der Waals surface area (Å²) in [6.45, 7) is 2.01. The number of carbonyl (C=O) groups is 2. The maximum Gasteiger partial charge on any atom is 0.239 e. The first kappa shape index (κ1) is 19.7. The van der Waals surface area contributed by atoms with Crippen LogP contribution in [0.25, 0.3) is 0 Å². The van der Waals surface area contributed by atoms with Crippen molar-refractivity contribution in [2.45, 2.75) is 51.1 Å². The molecule has 1 N–H and O–H groups in total. The summed E-state index contributed by atoms with van der Waals surface area (Å²) < 4.78 is 0. The highest BCUT2D eigenvalue weighted by Gasteiger charge is 2.28. The lowest BCUT2D eigenvalue weighted by molar-refractivity contribution is -0.137. The van der Waals surface area contributed by atoms with Crippen molar-refractivity contribution in [3.8, 4) is 0 Å². The fraction of sp³-hybridized carbons (Fsp3) is 0.579. The van der Waals surface area contributed by atoms with Gasteiger partial charge < -0.3 is 10.2 Å². The van der Waals surface area contributed by atoms with E-state index in [1.165, 1.54) is 19.3 Å². The van der Waals surface area contributed by atoms with Crippen LogP contribution >= 0.6 is 11.6 Å². The topological polar surface area (TPSA) is 52.7 Å². The van der Waals surface area contributed by atoms with Gasteiger partial charge in [-0.2, -0.15) is 0 Å². The van der Waals surface area contributed by atoms with Gasteiger partial charge in [-0.05, 0) is 45.0 Å². The van der Waals surface area contributed by atoms with Gasteiger partial charge in [-0.15, -0.1) is 0 Å². The number of halogens is 1. The third kappa shape index (κ3) is 5.72. The maximum atomic E-state index is 12.7. The smallest absolute Gasteiger partial charge is 0.239 e. The maximum absolute atomic E-state index is 12.7. The fourth-order valence-electron chi connectivity index (χ4n) is 3.26. The monoisotopic (exact) mass is 365 g/mol. The van der Waals surface area contributed by atoms with Crippen LogP contribution in [0.15, 0.2) is 24.3 Å². The van der Waals surface area contributed by atoms with Gasteiger partial charge >= 0.3 is 0 Å². The molecule has 1 saturated carbocycles. The summed E-state index contributed by atoms with van der Waals surface area (Å²) >= 11 is 5.92. The van der Waals surface area contributed by atoms with Crippen LogP contribution < -0.4 is 5.32 Å². The highest BCUT2D eigenvalue weighted by molar-refractivity contribution is 6.30. The molecule has 0 radical (unpaired) electrons. The molecule has 0 aliphatic heterocycles. The molecular formula is C19H28ClN3O2. The molecular weight excluding hydrogens is 338 g/mol. The third-order valence-electron chi connectivity index (χ3n) is 4.99. The van der Waals surface area contributed by atoms with E-state index in [2.05, 4.69) is 5.32 Å². The standard InChI is InChI=1S/C19H28ClN3O2/c1-14(19(25)23(3)17-10-5-4-6-11-17)22(2)13-18(24)21-16-9-7-8-15(20)12-16/h7-9,12,14,17H,4-6,10-11,13H2,1-3H3,(H,21,24). The fourth-order valence-corrected chi connectivity index (χ4v) is 3.45. The Hall–Kier alpha value is -1.59. The van der Waals surface area contributed by atoms with Gasteiger partial charge in [0.15, 0.2) is 0 Å². The predicted octanol–water partition coefficient (Wildman–Crippen LogP) is 3.39. The number of likely N-dealkylation sites (N-methyl/N-ethyl adjacent to an activating group) is 2. The second kappa shape index (κ2) is 9.20. The van der Waals surface area contributed by atoms with Crippen LogP contribution in [0.2, 0.25) is 5.02 Å². The van der Waals surface area contributed by atoms with Gasteiger partial charge in [-0.1, -0.05) is 36.9 Å². The number of nitrogens with zero attached hydrogens (tertiary/aromatic N) is 2. The number of amides is 2. The second-order valence-corrected chi connectivity index (χ2v) is 7.33. The van der Waals surface area contributed by atoms with Crippen molar-refractivity contribution in [2.75, 3.05) is 26.0 Å². The minimum Gasteiger partial charge on any atom is -0.341 e. The van der Waals surface area contributed by atoms with Gasteiger partial charge in [0.2, 0.25) is 11.8 Å². The molecule has 1 aromatic rings. The van der Waals surface area contributed by atoms with Crippen LogP contribution in [0, 0.1) is 0 Å². The highest BCUT2D eigenvalue weighted by Crippen LogP contribution is 2.22. The Morgan fingerprint density at radius 3 is 2.56 bits per heavy atom. The molecule has 6 heteroatoms. The lowest BCUT2D eigenvalue weighted by atomic mass is 9.94. The SMILES string of the molecule is CC(C(=O)N(C)C1CCCCC1)N(C)CC(=O)Nc1cccc(Cl)c1. The molecule has 0 aromatic heterocycles. The van der Waals surface area contributed by atoms with Gasteiger partial charge in [0.25, 0.3) is 0 Å². The zero-order chi connectivity index (χ0) is 18.4. The number of anilines is 1. The van der Waals surface area contributed by atoms with E-state index in [0.29, 0.717) is 16.8 Å². The Kier molecular flexibility index (Phi) is 7.26. The molecule has 1 aliphatic carbocycles. The number of carbonyl (C=O) groups excluding carboxylic acids is 2. The molecule has 5 nitrogen and oxygen atoms in total. The lowest BCUT2D eigenvalue weighted by Gasteiger charge is -2.35. The summed E-state index contributed by atoms with van der Waals surface area (Å²) in [7, 11) is 3.68. The van der Waals surface area contributed by atoms with Crippen molar-refractivity contribution < 1.29 is 9.59 Å². The average molecular weight is 366 g/mol. The normalized spacial score (nSPS) is 16.5. The Balaban J connectivity index is 1.86. The van der Waals surface area contributed by atoms with Gasteiger partial charge in [0.05, 0.1) is 12.6 Å². The quantitative estimate of drug-likeness (QED) is 0.840. The number of hydrogen-bond acceptors (Lipinski definition) is 3. The number of hydrogen-bond donors (Lipinski definition) is 1. The minimum absolute atomic E-state index is 0.0740. The number of benzene rings is 1. The molecule has 1 aromatic carbocycles. The molecule has 1 atom stereocenters. The van der Waals surface area contributed by atoms with Crippen LogP contribution in [0.1, 0.15) is 39.0 Å². The van der Waals surface area contributed by atoms with Gasteiger partial charge in [0, 0.05) is 23.8 Å². The van der Waals surface area contributed by atoms with E-state index in [4.69, 9.17) is 11.6 Å². The first-order chi connectivity index (χ1) is 11.9. The number of nitrogens with one attached hydrogen (secondary N) is 1. The van der Waals surface area contributed by atoms with Gasteiger partial charge in [0.1, 0.15) is 0 Å². The molecule has 0 bridgehead atoms. The van der Waals surface area contributed by atoms with Gasteiger partial charge in [-0.25, -0.2) is 0 Å². The highest BCUT2D eigenvalue weighted by atomic mass is 35.5. The van der Waals surface area contributed by atoms with Crippen LogP contribution in [0.3, 0.4) is 0 Å². The van der Waals surface area contributed by atoms with Crippen molar-refractivity contribution >= 4 is 29.1 Å². The number of rotatable bonds is 6. The van der Waals surface area contributed by atoms with E-state index in [9.17, 15) is 9.59 Å². The Morgan fingerprint density at radius 1 is 1.24 bits per heavy atom. The molecule has 2 rings (SSSR count). The molecule has 138 valence electrons. The van der Waals surface area contributed by atoms with Crippen LogP contribution in [-0.2, 0) is 9.59 Å². The molecule has 25 heavy (non-hydrogen) atoms. The average Bonchev–Trinajstić information content (AvgIpc) is 2.60. The molecule has 0 spiro atoms. The zero-order valence-electron chi connectivity index (χ0n) is 15.3. The predicted molar refractivity (Wildman–Crippen MR) is 102 cm³/mol. The first-order valence-corrected chi connectivity index (χ1v) is 9.28. The Bertz CT molecular complexity index is 602. The van der Waals surface area contributed by atoms with E-state index in [1.807, 2.05) is 18.9 Å². The molecule has 1 fully saturated rings. The van der Waals surface area contributed by atoms with Crippen molar-refractivity contribution in [3.63, 3.8) is 0 Å². The van der Waals surface area contributed by atoms with Crippen LogP contribution in [0.5, 0.6) is 0 Å². The molecule has 0 saturated heterocycles. The summed E-state index contributed by atoms with van der Waals surface area (Å²) in [6, 6.07) is 7.02. The summed E-state index contributed by atoms with van der Waals surface area (Å²) in [5, 5.41) is 3.38. The Labute approximate surface area is 155 Å². The summed E-state index contributed by atoms with van der Waals surface area (Å²) in [5.41, 5.74) is 0.657. The summed E-state index contributed by atoms with van der Waals surface area (Å²) in [4.78, 5) is 28.6. The first-order valence-electron chi connectivity index (χ1n) is 8.91. The van der Waals surface area contributed by atoms with Crippen molar-refractivity contribution in [3.05, 3.63) is 29.3 Å². The van der Waals surface area contributed by atoms with Crippen LogP contribution in [0.4, 0.5) is 5.69 Å². The third-order valence-corrected chi connectivity index (χ3v) is 5.23. The second-order valence-electron chi connectivity index (χ2n) is 6.89. The largest absolute Gasteiger partial charge is 0.341 e. The van der Waals surface area contributed by atoms with E-state index in [-0.39, 0.29) is 24.4 Å². The molecule has 1 aliphatic rings. The van der Waals surface area contributed by atoms with Crippen molar-refractivity contribution in [1.29, 1.82) is 0 Å². The minimum atomic E-state index is -0.336. The molecule has 0 heterocycles. The summed E-state index contributed by atoms with van der Waals surface area (Å²) in [5.74, 6) is -0.0882. The zero-order valence-corrected chi connectivity index (χ0v) is 16.1. The van der Waals surface area contributed by atoms with E-state index >= 15 is 0 Å². The van der Waals surface area contributed by atoms with E-state index < -0.39 is 0 Å². The Morgan fingerprint density at radius 2 is 1.92 bits per heavy atom. The van der Waals surface area contributed by atoms with Crippen molar-refractivity contribution in [1.82, 2.24) is 9.80 Å².